The van der Waals surface area contributed by atoms with Gasteiger partial charge in [0, 0.05) is 39.3 Å². The predicted octanol–water partition coefficient (Wildman–Crippen LogP) is 2.13. The third kappa shape index (κ3) is 6.86. The molecule has 2 rings (SSSR count). The lowest BCUT2D eigenvalue weighted by atomic mass is 9.93. The number of guanidine groups is 1. The van der Waals surface area contributed by atoms with Crippen molar-refractivity contribution in [3.63, 3.8) is 0 Å². The molecule has 168 valence electrons. The number of ether oxygens (including phenoxy) is 1. The van der Waals surface area contributed by atoms with Crippen LogP contribution in [0.3, 0.4) is 0 Å². The van der Waals surface area contributed by atoms with Crippen molar-refractivity contribution in [2.75, 3.05) is 40.3 Å². The van der Waals surface area contributed by atoms with E-state index in [1.807, 2.05) is 26.8 Å². The highest BCUT2D eigenvalue weighted by Crippen LogP contribution is 2.20. The predicted molar refractivity (Wildman–Crippen MR) is 118 cm³/mol. The molecule has 8 heteroatoms. The molecule has 0 unspecified atom stereocenters. The molecular weight excluding hydrogens is 385 g/mol. The Morgan fingerprint density at radius 1 is 1.33 bits per heavy atom. The van der Waals surface area contributed by atoms with E-state index in [-0.39, 0.29) is 17.5 Å². The van der Waals surface area contributed by atoms with Gasteiger partial charge >= 0.3 is 0 Å². The molecule has 30 heavy (non-hydrogen) atoms. The first-order valence-corrected chi connectivity index (χ1v) is 10.6. The Morgan fingerprint density at radius 2 is 2.03 bits per heavy atom. The lowest BCUT2D eigenvalue weighted by Crippen LogP contribution is -2.49. The number of methoxy groups -OCH3 is 1. The molecular formula is C22H36FN5O2. The summed E-state index contributed by atoms with van der Waals surface area (Å²) < 4.78 is 18.9. The molecule has 1 aromatic carbocycles. The minimum atomic E-state index is -0.561. The van der Waals surface area contributed by atoms with Gasteiger partial charge in [0.15, 0.2) is 17.5 Å². The number of nitrogens with one attached hydrogen (secondary N) is 3. The number of hydrogen-bond donors (Lipinski definition) is 3. The van der Waals surface area contributed by atoms with E-state index in [4.69, 9.17) is 4.74 Å². The largest absolute Gasteiger partial charge is 0.494 e. The van der Waals surface area contributed by atoms with E-state index in [0.717, 1.165) is 50.5 Å². The van der Waals surface area contributed by atoms with Crippen molar-refractivity contribution in [1.82, 2.24) is 20.9 Å². The first-order chi connectivity index (χ1) is 14.3. The Kier molecular flexibility index (Phi) is 8.89. The van der Waals surface area contributed by atoms with Gasteiger partial charge in [-0.25, -0.2) is 4.39 Å². The Labute approximate surface area is 179 Å². The summed E-state index contributed by atoms with van der Waals surface area (Å²) in [6.07, 6.45) is 1.95. The Bertz CT molecular complexity index is 730. The molecule has 1 saturated heterocycles. The van der Waals surface area contributed by atoms with Gasteiger partial charge in [0.2, 0.25) is 5.91 Å². The van der Waals surface area contributed by atoms with E-state index in [0.29, 0.717) is 12.6 Å². The van der Waals surface area contributed by atoms with Crippen LogP contribution in [0.4, 0.5) is 4.39 Å². The quantitative estimate of drug-likeness (QED) is 0.443. The Hall–Kier alpha value is -2.35. The van der Waals surface area contributed by atoms with Crippen molar-refractivity contribution >= 4 is 11.9 Å². The van der Waals surface area contributed by atoms with Crippen LogP contribution < -0.4 is 20.7 Å². The van der Waals surface area contributed by atoms with Crippen LogP contribution in [0.1, 0.15) is 39.2 Å². The lowest BCUT2D eigenvalue weighted by molar-refractivity contribution is -0.128. The van der Waals surface area contributed by atoms with Gasteiger partial charge < -0.3 is 20.7 Å². The summed E-state index contributed by atoms with van der Waals surface area (Å²) in [5.74, 6) is 0.671. The molecule has 0 saturated carbocycles. The number of benzene rings is 1. The highest BCUT2D eigenvalue weighted by molar-refractivity contribution is 5.83. The number of rotatable bonds is 8. The standard InChI is InChI=1S/C22H36FN5O2/c1-6-25-21(26-15-22(2,3)20(29)24-4)27-17-9-11-28(12-10-17)14-16-7-8-19(30-5)18(23)13-16/h7-8,13,17H,6,9-12,14-15H2,1-5H3,(H,24,29)(H2,25,26,27). The van der Waals surface area contributed by atoms with Crippen LogP contribution >= 0.6 is 0 Å². The zero-order valence-corrected chi connectivity index (χ0v) is 18.8. The molecule has 0 bridgehead atoms. The van der Waals surface area contributed by atoms with Crippen LogP contribution in [0, 0.1) is 11.2 Å². The fourth-order valence-corrected chi connectivity index (χ4v) is 3.50. The molecule has 1 fully saturated rings. The summed E-state index contributed by atoms with van der Waals surface area (Å²) in [7, 11) is 3.12. The summed E-state index contributed by atoms with van der Waals surface area (Å²) in [6, 6.07) is 5.46. The zero-order valence-electron chi connectivity index (χ0n) is 18.8. The maximum atomic E-state index is 13.9. The molecule has 0 radical (unpaired) electrons. The SMILES string of the molecule is CCNC(=NCC(C)(C)C(=O)NC)NC1CCN(Cc2ccc(OC)c(F)c2)CC1. The van der Waals surface area contributed by atoms with E-state index in [1.54, 1.807) is 19.2 Å². The van der Waals surface area contributed by atoms with Crippen molar-refractivity contribution in [2.24, 2.45) is 10.4 Å². The second-order valence-electron chi connectivity index (χ2n) is 8.32. The third-order valence-corrected chi connectivity index (χ3v) is 5.37. The van der Waals surface area contributed by atoms with Crippen molar-refractivity contribution in [1.29, 1.82) is 0 Å². The van der Waals surface area contributed by atoms with Gasteiger partial charge in [0.05, 0.1) is 19.1 Å². The number of carbonyl (C=O) groups excluding carboxylic acids is 1. The summed E-state index contributed by atoms with van der Waals surface area (Å²) in [6.45, 7) is 9.54. The van der Waals surface area contributed by atoms with E-state index >= 15 is 0 Å². The maximum Gasteiger partial charge on any atom is 0.227 e. The summed E-state index contributed by atoms with van der Waals surface area (Å²) in [5, 5.41) is 9.46. The molecule has 7 nitrogen and oxygen atoms in total. The molecule has 0 aromatic heterocycles. The normalized spacial score (nSPS) is 16.3. The molecule has 1 aromatic rings. The fourth-order valence-electron chi connectivity index (χ4n) is 3.50. The molecule has 0 aliphatic carbocycles. The average molecular weight is 422 g/mol. The molecule has 1 amide bonds. The van der Waals surface area contributed by atoms with E-state index in [1.165, 1.54) is 7.11 Å². The number of hydrogen-bond acceptors (Lipinski definition) is 4. The van der Waals surface area contributed by atoms with Crippen molar-refractivity contribution in [3.05, 3.63) is 29.6 Å². The van der Waals surface area contributed by atoms with Crippen molar-refractivity contribution in [2.45, 2.75) is 46.2 Å². The minimum absolute atomic E-state index is 0.0228. The Morgan fingerprint density at radius 3 is 2.60 bits per heavy atom. The fraction of sp³-hybridized carbons (Fsp3) is 0.636. The average Bonchev–Trinajstić information content (AvgIpc) is 2.73. The van der Waals surface area contributed by atoms with Crippen LogP contribution in [-0.4, -0.2) is 63.1 Å². The molecule has 0 atom stereocenters. The van der Waals surface area contributed by atoms with Crippen LogP contribution in [0.25, 0.3) is 0 Å². The van der Waals surface area contributed by atoms with Gasteiger partial charge in [-0.15, -0.1) is 0 Å². The summed E-state index contributed by atoms with van der Waals surface area (Å²) >= 11 is 0. The number of nitrogens with zero attached hydrogens (tertiary/aromatic N) is 2. The van der Waals surface area contributed by atoms with Crippen LogP contribution in [0.15, 0.2) is 23.2 Å². The first kappa shape index (κ1) is 23.9. The minimum Gasteiger partial charge on any atom is -0.494 e. The number of halogens is 1. The van der Waals surface area contributed by atoms with Gasteiger partial charge in [-0.05, 0) is 51.3 Å². The van der Waals surface area contributed by atoms with Gasteiger partial charge in [-0.1, -0.05) is 6.07 Å². The monoisotopic (exact) mass is 421 g/mol. The summed E-state index contributed by atoms with van der Waals surface area (Å²) in [4.78, 5) is 18.9. The highest BCUT2D eigenvalue weighted by atomic mass is 19.1. The maximum absolute atomic E-state index is 13.9. The number of likely N-dealkylation sites (tertiary alicyclic amines) is 1. The second kappa shape index (κ2) is 11.2. The van der Waals surface area contributed by atoms with Gasteiger partial charge in [-0.3, -0.25) is 14.7 Å². The van der Waals surface area contributed by atoms with Gasteiger partial charge in [-0.2, -0.15) is 0 Å². The van der Waals surface area contributed by atoms with Gasteiger partial charge in [0.25, 0.3) is 0 Å². The van der Waals surface area contributed by atoms with E-state index in [9.17, 15) is 9.18 Å². The van der Waals surface area contributed by atoms with Gasteiger partial charge in [0.1, 0.15) is 0 Å². The Balaban J connectivity index is 1.87. The molecule has 3 N–H and O–H groups in total. The molecule has 1 aliphatic heterocycles. The van der Waals surface area contributed by atoms with Crippen LogP contribution in [0.5, 0.6) is 5.75 Å². The molecule has 0 spiro atoms. The molecule has 1 heterocycles. The number of amides is 1. The third-order valence-electron chi connectivity index (χ3n) is 5.37. The number of aliphatic imine (C=N–C) groups is 1. The number of piperidine rings is 1. The smallest absolute Gasteiger partial charge is 0.227 e. The van der Waals surface area contributed by atoms with Crippen LogP contribution in [0.2, 0.25) is 0 Å². The molecule has 1 aliphatic rings. The topological polar surface area (TPSA) is 78.0 Å². The first-order valence-electron chi connectivity index (χ1n) is 10.6. The van der Waals surface area contributed by atoms with Crippen molar-refractivity contribution in [3.8, 4) is 5.75 Å². The van der Waals surface area contributed by atoms with E-state index in [2.05, 4.69) is 25.8 Å². The van der Waals surface area contributed by atoms with Crippen molar-refractivity contribution < 1.29 is 13.9 Å². The van der Waals surface area contributed by atoms with E-state index < -0.39 is 5.41 Å². The summed E-state index contributed by atoms with van der Waals surface area (Å²) in [5.41, 5.74) is 0.389. The second-order valence-corrected chi connectivity index (χ2v) is 8.32. The number of carbonyl (C=O) groups is 1. The lowest BCUT2D eigenvalue weighted by Gasteiger charge is -2.33. The zero-order chi connectivity index (χ0) is 22.1. The van der Waals surface area contributed by atoms with Crippen LogP contribution in [-0.2, 0) is 11.3 Å². The highest BCUT2D eigenvalue weighted by Gasteiger charge is 2.27.